The molecule has 0 aliphatic rings. The fourth-order valence-corrected chi connectivity index (χ4v) is 3.72. The highest BCUT2D eigenvalue weighted by molar-refractivity contribution is 9.10. The molecular formula is C14H13BrN4S. The van der Waals surface area contributed by atoms with E-state index in [9.17, 15) is 0 Å². The molecule has 3 heterocycles. The molecule has 0 amide bonds. The Balaban J connectivity index is 1.90. The highest BCUT2D eigenvalue weighted by Gasteiger charge is 2.13. The summed E-state index contributed by atoms with van der Waals surface area (Å²) < 4.78 is 2.89. The quantitative estimate of drug-likeness (QED) is 0.765. The minimum atomic E-state index is 0.197. The lowest BCUT2D eigenvalue weighted by molar-refractivity contribution is 0.833. The molecule has 3 aromatic rings. The second-order valence-corrected chi connectivity index (χ2v) is 6.13. The molecule has 0 saturated carbocycles. The van der Waals surface area contributed by atoms with Crippen LogP contribution < -0.4 is 5.32 Å². The maximum absolute atomic E-state index is 4.41. The van der Waals surface area contributed by atoms with Gasteiger partial charge in [0.05, 0.1) is 11.7 Å². The zero-order valence-electron chi connectivity index (χ0n) is 10.8. The van der Waals surface area contributed by atoms with E-state index in [4.69, 9.17) is 0 Å². The van der Waals surface area contributed by atoms with Crippen LogP contribution in [0.5, 0.6) is 0 Å². The number of thiophene rings is 1. The maximum Gasteiger partial charge on any atom is 0.176 e. The fourth-order valence-electron chi connectivity index (χ4n) is 2.00. The maximum atomic E-state index is 4.41. The number of aromatic nitrogens is 3. The summed E-state index contributed by atoms with van der Waals surface area (Å²) in [5, 5.41) is 9.82. The van der Waals surface area contributed by atoms with Crippen LogP contribution in [-0.2, 0) is 0 Å². The second-order valence-electron chi connectivity index (χ2n) is 4.32. The van der Waals surface area contributed by atoms with Crippen molar-refractivity contribution in [3.8, 4) is 5.82 Å². The van der Waals surface area contributed by atoms with Gasteiger partial charge in [0.15, 0.2) is 5.82 Å². The Hall–Kier alpha value is -1.66. The number of halogens is 1. The van der Waals surface area contributed by atoms with E-state index in [0.29, 0.717) is 0 Å². The molecule has 1 N–H and O–H groups in total. The highest BCUT2D eigenvalue weighted by Crippen LogP contribution is 2.31. The van der Waals surface area contributed by atoms with Gasteiger partial charge in [-0.3, -0.25) is 0 Å². The lowest BCUT2D eigenvalue weighted by Gasteiger charge is -2.16. The van der Waals surface area contributed by atoms with E-state index in [0.717, 1.165) is 16.0 Å². The largest absolute Gasteiger partial charge is 0.375 e. The first kappa shape index (κ1) is 13.3. The molecule has 0 aromatic carbocycles. The van der Waals surface area contributed by atoms with Gasteiger partial charge in [-0.1, -0.05) is 0 Å². The van der Waals surface area contributed by atoms with Crippen LogP contribution in [0.3, 0.4) is 0 Å². The van der Waals surface area contributed by atoms with Gasteiger partial charge in [-0.05, 0) is 52.5 Å². The summed E-state index contributed by atoms with van der Waals surface area (Å²) in [6.45, 7) is 2.14. The van der Waals surface area contributed by atoms with E-state index >= 15 is 0 Å². The topological polar surface area (TPSA) is 42.7 Å². The van der Waals surface area contributed by atoms with Gasteiger partial charge in [-0.25, -0.2) is 9.67 Å². The standard InChI is InChI=1S/C14H13BrN4S/c1-10(13-11(15)5-9-20-13)18-12-4-2-6-16-14(12)19-8-3-7-17-19/h2-10,18H,1H3. The van der Waals surface area contributed by atoms with Crippen molar-refractivity contribution in [2.45, 2.75) is 13.0 Å². The van der Waals surface area contributed by atoms with Crippen LogP contribution in [0, 0.1) is 0 Å². The van der Waals surface area contributed by atoms with Crippen molar-refractivity contribution in [1.82, 2.24) is 14.8 Å². The molecule has 0 fully saturated rings. The Morgan fingerprint density at radius 3 is 2.90 bits per heavy atom. The van der Waals surface area contributed by atoms with E-state index in [2.05, 4.69) is 49.7 Å². The van der Waals surface area contributed by atoms with E-state index in [1.54, 1.807) is 28.4 Å². The molecule has 0 aliphatic heterocycles. The van der Waals surface area contributed by atoms with Crippen LogP contribution in [0.4, 0.5) is 5.69 Å². The van der Waals surface area contributed by atoms with Gasteiger partial charge in [-0.15, -0.1) is 11.3 Å². The first-order chi connectivity index (χ1) is 9.75. The minimum absolute atomic E-state index is 0.197. The second kappa shape index (κ2) is 5.76. The fraction of sp³-hybridized carbons (Fsp3) is 0.143. The van der Waals surface area contributed by atoms with Gasteiger partial charge in [0, 0.05) is 27.9 Å². The molecule has 4 nitrogen and oxygen atoms in total. The molecule has 0 radical (unpaired) electrons. The Morgan fingerprint density at radius 1 is 1.30 bits per heavy atom. The zero-order chi connectivity index (χ0) is 13.9. The number of rotatable bonds is 4. The first-order valence-corrected chi connectivity index (χ1v) is 7.87. The summed E-state index contributed by atoms with van der Waals surface area (Å²) in [6.07, 6.45) is 5.41. The molecule has 1 unspecified atom stereocenters. The predicted octanol–water partition coefficient (Wildman–Crippen LogP) is 4.26. The third-order valence-electron chi connectivity index (χ3n) is 2.92. The molecule has 0 spiro atoms. The third-order valence-corrected chi connectivity index (χ3v) is 4.97. The number of hydrogen-bond acceptors (Lipinski definition) is 4. The zero-order valence-corrected chi connectivity index (χ0v) is 13.2. The summed E-state index contributed by atoms with van der Waals surface area (Å²) >= 11 is 5.30. The van der Waals surface area contributed by atoms with Crippen molar-refractivity contribution in [3.05, 3.63) is 57.6 Å². The average molecular weight is 349 g/mol. The van der Waals surface area contributed by atoms with Crippen molar-refractivity contribution in [2.75, 3.05) is 5.32 Å². The number of pyridine rings is 1. The number of nitrogens with zero attached hydrogens (tertiary/aromatic N) is 3. The van der Waals surface area contributed by atoms with Crippen LogP contribution in [0.15, 0.2) is 52.7 Å². The SMILES string of the molecule is CC(Nc1cccnc1-n1cccn1)c1sccc1Br. The Kier molecular flexibility index (Phi) is 3.84. The van der Waals surface area contributed by atoms with E-state index < -0.39 is 0 Å². The lowest BCUT2D eigenvalue weighted by atomic mass is 10.2. The van der Waals surface area contributed by atoms with Crippen LogP contribution in [0.25, 0.3) is 5.82 Å². The van der Waals surface area contributed by atoms with Gasteiger partial charge in [-0.2, -0.15) is 5.10 Å². The summed E-state index contributed by atoms with van der Waals surface area (Å²) in [4.78, 5) is 5.67. The molecule has 0 saturated heterocycles. The summed E-state index contributed by atoms with van der Waals surface area (Å²) in [6, 6.07) is 8.09. The molecule has 3 aromatic heterocycles. The number of nitrogens with one attached hydrogen (secondary N) is 1. The van der Waals surface area contributed by atoms with Crippen molar-refractivity contribution in [2.24, 2.45) is 0 Å². The van der Waals surface area contributed by atoms with Gasteiger partial charge in [0.25, 0.3) is 0 Å². The van der Waals surface area contributed by atoms with Gasteiger partial charge in [0.1, 0.15) is 0 Å². The third kappa shape index (κ3) is 2.62. The average Bonchev–Trinajstić information content (AvgIpc) is 3.10. The predicted molar refractivity (Wildman–Crippen MR) is 85.4 cm³/mol. The van der Waals surface area contributed by atoms with E-state index in [-0.39, 0.29) is 6.04 Å². The van der Waals surface area contributed by atoms with Crippen LogP contribution in [0.2, 0.25) is 0 Å². The summed E-state index contributed by atoms with van der Waals surface area (Å²) in [5.74, 6) is 0.803. The molecule has 6 heteroatoms. The van der Waals surface area contributed by atoms with E-state index in [1.807, 2.05) is 24.4 Å². The Bertz CT molecular complexity index is 693. The van der Waals surface area contributed by atoms with Crippen molar-refractivity contribution in [1.29, 1.82) is 0 Å². The van der Waals surface area contributed by atoms with Crippen molar-refractivity contribution >= 4 is 33.0 Å². The monoisotopic (exact) mass is 348 g/mol. The Labute approximate surface area is 129 Å². The molecule has 0 bridgehead atoms. The Morgan fingerprint density at radius 2 is 2.20 bits per heavy atom. The normalized spacial score (nSPS) is 12.3. The van der Waals surface area contributed by atoms with Gasteiger partial charge in [0.2, 0.25) is 0 Å². The number of hydrogen-bond donors (Lipinski definition) is 1. The smallest absolute Gasteiger partial charge is 0.176 e. The van der Waals surface area contributed by atoms with E-state index in [1.165, 1.54) is 4.88 Å². The summed E-state index contributed by atoms with van der Waals surface area (Å²) in [5.41, 5.74) is 0.962. The van der Waals surface area contributed by atoms with Gasteiger partial charge >= 0.3 is 0 Å². The first-order valence-electron chi connectivity index (χ1n) is 6.20. The number of anilines is 1. The summed E-state index contributed by atoms with van der Waals surface area (Å²) in [7, 11) is 0. The van der Waals surface area contributed by atoms with Crippen molar-refractivity contribution in [3.63, 3.8) is 0 Å². The van der Waals surface area contributed by atoms with Crippen LogP contribution >= 0.6 is 27.3 Å². The molecule has 3 rings (SSSR count). The molecular weight excluding hydrogens is 336 g/mol. The molecule has 102 valence electrons. The minimum Gasteiger partial charge on any atom is -0.375 e. The van der Waals surface area contributed by atoms with Crippen LogP contribution in [0.1, 0.15) is 17.8 Å². The molecule has 0 aliphatic carbocycles. The van der Waals surface area contributed by atoms with Gasteiger partial charge < -0.3 is 5.32 Å². The molecule has 20 heavy (non-hydrogen) atoms. The van der Waals surface area contributed by atoms with Crippen LogP contribution in [-0.4, -0.2) is 14.8 Å². The lowest BCUT2D eigenvalue weighted by Crippen LogP contribution is -2.10. The highest BCUT2D eigenvalue weighted by atomic mass is 79.9. The molecule has 1 atom stereocenters. The van der Waals surface area contributed by atoms with Crippen molar-refractivity contribution < 1.29 is 0 Å².